The fraction of sp³-hybridized carbons (Fsp3) is 0.500. The molecule has 0 saturated carbocycles. The summed E-state index contributed by atoms with van der Waals surface area (Å²) in [5, 5.41) is 3.34. The number of alkyl halides is 3. The number of carbonyl (C=O) groups is 1. The Hall–Kier alpha value is -3.44. The van der Waals surface area contributed by atoms with E-state index in [0.717, 1.165) is 12.3 Å². The first-order valence-corrected chi connectivity index (χ1v) is 11.0. The van der Waals surface area contributed by atoms with Crippen LogP contribution in [0.1, 0.15) is 39.8 Å². The Labute approximate surface area is 194 Å². The third-order valence-electron chi connectivity index (χ3n) is 5.34. The summed E-state index contributed by atoms with van der Waals surface area (Å²) in [6.07, 6.45) is -1.60. The van der Waals surface area contributed by atoms with Crippen LogP contribution in [0.15, 0.2) is 24.7 Å². The number of nitrogens with one attached hydrogen (secondary N) is 1. The Balaban J connectivity index is 1.59. The number of imidazole rings is 1. The van der Waals surface area contributed by atoms with Crippen molar-refractivity contribution in [1.29, 1.82) is 0 Å². The molecule has 3 aromatic heterocycles. The fourth-order valence-electron chi connectivity index (χ4n) is 3.82. The van der Waals surface area contributed by atoms with Gasteiger partial charge in [0.15, 0.2) is 17.0 Å². The van der Waals surface area contributed by atoms with Gasteiger partial charge in [0.05, 0.1) is 0 Å². The predicted octanol–water partition coefficient (Wildman–Crippen LogP) is 4.35. The maximum Gasteiger partial charge on any atom is 0.433 e. The van der Waals surface area contributed by atoms with Gasteiger partial charge in [-0.1, -0.05) is 0 Å². The van der Waals surface area contributed by atoms with E-state index in [1.165, 1.54) is 12.4 Å². The molecule has 3 aromatic rings. The highest BCUT2D eigenvalue weighted by Crippen LogP contribution is 2.31. The molecule has 1 aliphatic heterocycles. The minimum Gasteiger partial charge on any atom is -0.444 e. The first-order chi connectivity index (χ1) is 16.0. The molecule has 182 valence electrons. The number of pyridine rings is 1. The first kappa shape index (κ1) is 23.7. The average molecular weight is 477 g/mol. The van der Waals surface area contributed by atoms with Gasteiger partial charge >= 0.3 is 12.3 Å². The molecule has 0 radical (unpaired) electrons. The van der Waals surface area contributed by atoms with Gasteiger partial charge in [-0.2, -0.15) is 13.2 Å². The van der Waals surface area contributed by atoms with Crippen molar-refractivity contribution in [2.75, 3.05) is 18.4 Å². The van der Waals surface area contributed by atoms with Crippen LogP contribution in [0.4, 0.5) is 23.8 Å². The van der Waals surface area contributed by atoms with Gasteiger partial charge < -0.3 is 19.5 Å². The second-order valence-corrected chi connectivity index (χ2v) is 9.06. The lowest BCUT2D eigenvalue weighted by atomic mass is 10.2. The van der Waals surface area contributed by atoms with E-state index >= 15 is 0 Å². The minimum absolute atomic E-state index is 0.0615. The summed E-state index contributed by atoms with van der Waals surface area (Å²) >= 11 is 0. The number of hydrogen-bond donors (Lipinski definition) is 1. The average Bonchev–Trinajstić information content (AvgIpc) is 3.37. The zero-order valence-electron chi connectivity index (χ0n) is 19.3. The number of anilines is 1. The van der Waals surface area contributed by atoms with Gasteiger partial charge in [-0.15, -0.1) is 0 Å². The monoisotopic (exact) mass is 477 g/mol. The topological polar surface area (TPSA) is 98.1 Å². The van der Waals surface area contributed by atoms with Gasteiger partial charge in [0.25, 0.3) is 0 Å². The fourth-order valence-corrected chi connectivity index (χ4v) is 3.82. The molecule has 4 heterocycles. The number of ether oxygens (including phenoxy) is 1. The normalized spacial score (nSPS) is 16.8. The van der Waals surface area contributed by atoms with E-state index in [9.17, 15) is 18.0 Å². The van der Waals surface area contributed by atoms with Crippen LogP contribution in [0, 0.1) is 0 Å². The number of amides is 1. The number of likely N-dealkylation sites (tertiary alicyclic amines) is 1. The third kappa shape index (κ3) is 4.90. The molecule has 12 heteroatoms. The van der Waals surface area contributed by atoms with E-state index in [4.69, 9.17) is 4.74 Å². The zero-order valence-corrected chi connectivity index (χ0v) is 19.3. The predicted molar refractivity (Wildman–Crippen MR) is 119 cm³/mol. The van der Waals surface area contributed by atoms with E-state index in [2.05, 4.69) is 25.3 Å². The van der Waals surface area contributed by atoms with Crippen LogP contribution in [-0.4, -0.2) is 60.2 Å². The summed E-state index contributed by atoms with van der Waals surface area (Å²) < 4.78 is 45.9. The van der Waals surface area contributed by atoms with Crippen molar-refractivity contribution in [2.24, 2.45) is 0 Å². The molecule has 1 aliphatic rings. The molecular formula is C22H26F3N7O2. The van der Waals surface area contributed by atoms with Gasteiger partial charge in [0, 0.05) is 37.4 Å². The number of fused-ring (bicyclic) bond motifs is 1. The van der Waals surface area contributed by atoms with Crippen LogP contribution >= 0.6 is 0 Å². The molecule has 1 fully saturated rings. The van der Waals surface area contributed by atoms with Crippen molar-refractivity contribution in [3.05, 3.63) is 30.4 Å². The Morgan fingerprint density at radius 3 is 2.59 bits per heavy atom. The van der Waals surface area contributed by atoms with E-state index < -0.39 is 17.5 Å². The SMILES string of the molecule is CCn1c(-c2ccc(C(F)(F)F)nc2)nc2c(N[C@H]3CCN(C(=O)OC(C)(C)C)C3)ncnc21. The van der Waals surface area contributed by atoms with Crippen molar-refractivity contribution in [3.8, 4) is 11.4 Å². The lowest BCUT2D eigenvalue weighted by Gasteiger charge is -2.24. The van der Waals surface area contributed by atoms with E-state index in [1.807, 2.05) is 27.7 Å². The van der Waals surface area contributed by atoms with Gasteiger partial charge in [0.2, 0.25) is 0 Å². The molecule has 34 heavy (non-hydrogen) atoms. The number of halogens is 3. The molecule has 1 N–H and O–H groups in total. The van der Waals surface area contributed by atoms with Crippen LogP contribution in [-0.2, 0) is 17.5 Å². The second kappa shape index (κ2) is 8.73. The highest BCUT2D eigenvalue weighted by Gasteiger charge is 2.33. The summed E-state index contributed by atoms with van der Waals surface area (Å²) in [5.41, 5.74) is -0.0474. The molecule has 1 amide bonds. The maximum atomic E-state index is 12.9. The van der Waals surface area contributed by atoms with Gasteiger partial charge in [-0.25, -0.2) is 19.7 Å². The number of rotatable bonds is 4. The third-order valence-corrected chi connectivity index (χ3v) is 5.34. The van der Waals surface area contributed by atoms with Crippen LogP contribution in [0.3, 0.4) is 0 Å². The summed E-state index contributed by atoms with van der Waals surface area (Å²) in [7, 11) is 0. The molecule has 1 atom stereocenters. The molecule has 0 aliphatic carbocycles. The number of aromatic nitrogens is 5. The molecule has 4 rings (SSSR count). The van der Waals surface area contributed by atoms with Crippen molar-refractivity contribution in [2.45, 2.75) is 58.5 Å². The Kier molecular flexibility index (Phi) is 6.09. The lowest BCUT2D eigenvalue weighted by Crippen LogP contribution is -2.36. The standard InChI is InChI=1S/C22H26F3N7O2/c1-5-32-18(13-6-7-15(26-10-13)22(23,24)25)30-16-17(27-12-28-19(16)32)29-14-8-9-31(11-14)20(33)34-21(2,3)4/h6-7,10,12,14H,5,8-9,11H2,1-4H3,(H,27,28,29)/t14-/m0/s1. The zero-order chi connectivity index (χ0) is 24.7. The number of aryl methyl sites for hydroxylation is 1. The van der Waals surface area contributed by atoms with E-state index in [0.29, 0.717) is 54.4 Å². The van der Waals surface area contributed by atoms with Crippen LogP contribution < -0.4 is 5.32 Å². The van der Waals surface area contributed by atoms with E-state index in [1.54, 1.807) is 9.47 Å². The maximum absolute atomic E-state index is 12.9. The highest BCUT2D eigenvalue weighted by atomic mass is 19.4. The second-order valence-electron chi connectivity index (χ2n) is 9.06. The molecule has 0 unspecified atom stereocenters. The molecule has 0 aromatic carbocycles. The van der Waals surface area contributed by atoms with Crippen molar-refractivity contribution < 1.29 is 22.7 Å². The molecule has 0 spiro atoms. The largest absolute Gasteiger partial charge is 0.444 e. The minimum atomic E-state index is -4.51. The molecule has 0 bridgehead atoms. The smallest absolute Gasteiger partial charge is 0.433 e. The first-order valence-electron chi connectivity index (χ1n) is 11.0. The lowest BCUT2D eigenvalue weighted by molar-refractivity contribution is -0.141. The summed E-state index contributed by atoms with van der Waals surface area (Å²) in [4.78, 5) is 30.9. The van der Waals surface area contributed by atoms with Crippen LogP contribution in [0.25, 0.3) is 22.6 Å². The molecule has 9 nitrogen and oxygen atoms in total. The molecular weight excluding hydrogens is 451 g/mol. The Bertz CT molecular complexity index is 1190. The highest BCUT2D eigenvalue weighted by molar-refractivity contribution is 5.86. The number of carbonyl (C=O) groups excluding carboxylic acids is 1. The van der Waals surface area contributed by atoms with Crippen molar-refractivity contribution in [1.82, 2.24) is 29.4 Å². The quantitative estimate of drug-likeness (QED) is 0.597. The van der Waals surface area contributed by atoms with Gasteiger partial charge in [-0.3, -0.25) is 4.98 Å². The number of hydrogen-bond acceptors (Lipinski definition) is 7. The number of nitrogens with zero attached hydrogens (tertiary/aromatic N) is 6. The molecule has 1 saturated heterocycles. The Morgan fingerprint density at radius 1 is 1.21 bits per heavy atom. The van der Waals surface area contributed by atoms with Crippen LogP contribution in [0.5, 0.6) is 0 Å². The van der Waals surface area contributed by atoms with Gasteiger partial charge in [0.1, 0.15) is 23.4 Å². The van der Waals surface area contributed by atoms with Crippen molar-refractivity contribution in [3.63, 3.8) is 0 Å². The Morgan fingerprint density at radius 2 is 1.97 bits per heavy atom. The van der Waals surface area contributed by atoms with E-state index in [-0.39, 0.29) is 12.1 Å². The summed E-state index contributed by atoms with van der Waals surface area (Å²) in [6, 6.07) is 2.22. The van der Waals surface area contributed by atoms with Crippen molar-refractivity contribution >= 4 is 23.1 Å². The van der Waals surface area contributed by atoms with Crippen LogP contribution in [0.2, 0.25) is 0 Å². The summed E-state index contributed by atoms with van der Waals surface area (Å²) in [5.74, 6) is 0.943. The summed E-state index contributed by atoms with van der Waals surface area (Å²) in [6.45, 7) is 8.86. The van der Waals surface area contributed by atoms with Gasteiger partial charge in [-0.05, 0) is 46.2 Å².